The molecule has 1 spiro atoms. The summed E-state index contributed by atoms with van der Waals surface area (Å²) in [6.07, 6.45) is 5.05. The van der Waals surface area contributed by atoms with Gasteiger partial charge in [0.25, 0.3) is 5.91 Å². The van der Waals surface area contributed by atoms with Crippen molar-refractivity contribution in [3.8, 4) is 16.9 Å². The number of carbonyl (C=O) groups excluding carboxylic acids is 1. The summed E-state index contributed by atoms with van der Waals surface area (Å²) < 4.78 is 32.4. The Labute approximate surface area is 229 Å². The number of benzene rings is 3. The molecule has 0 radical (unpaired) electrons. The molecule has 0 atom stereocenters. The Morgan fingerprint density at radius 2 is 1.73 bits per heavy atom. The maximum absolute atomic E-state index is 13.5. The standard InChI is InChI=1S/C31H29F2N3O4/c32-30(33)40-25-11-23-17-34-36(18-19-6-8-22(9-7-19)21-4-2-1-3-5-21)28(23)26(12-25)29(39)35-24-15-31(16-24)13-20(14-31)10-27(37)38/h1-9,11-12,17,20,24,30H,10,13-16,18H2,(H,35,39)(H,37,38). The Morgan fingerprint density at radius 1 is 1.02 bits per heavy atom. The second kappa shape index (κ2) is 10.4. The zero-order chi connectivity index (χ0) is 27.9. The SMILES string of the molecule is O=C(O)CC1CC2(C1)CC(NC(=O)c1cc(OC(F)F)cc3cnn(Cc4ccc(-c5ccccc5)cc4)c13)C2. The first-order valence-electron chi connectivity index (χ1n) is 13.4. The van der Waals surface area contributed by atoms with Gasteiger partial charge in [-0.05, 0) is 65.8 Å². The zero-order valence-corrected chi connectivity index (χ0v) is 21.7. The Hall–Kier alpha value is -4.27. The first-order chi connectivity index (χ1) is 19.3. The molecule has 0 aliphatic heterocycles. The normalized spacial score (nSPS) is 21.7. The molecule has 2 aliphatic rings. The number of aromatic nitrogens is 2. The van der Waals surface area contributed by atoms with Crippen molar-refractivity contribution in [2.45, 2.75) is 51.3 Å². The summed E-state index contributed by atoms with van der Waals surface area (Å²) in [5.74, 6) is -1.04. The number of hydrogen-bond donors (Lipinski definition) is 2. The molecule has 1 heterocycles. The number of hydrogen-bond acceptors (Lipinski definition) is 4. The molecule has 2 aliphatic carbocycles. The number of alkyl halides is 2. The van der Waals surface area contributed by atoms with Crippen LogP contribution in [0.4, 0.5) is 8.78 Å². The van der Waals surface area contributed by atoms with Crippen molar-refractivity contribution in [2.75, 3.05) is 0 Å². The molecule has 2 N–H and O–H groups in total. The number of ether oxygens (including phenoxy) is 1. The van der Waals surface area contributed by atoms with Gasteiger partial charge in [-0.3, -0.25) is 14.3 Å². The quantitative estimate of drug-likeness (QED) is 0.265. The first kappa shape index (κ1) is 26.0. The van der Waals surface area contributed by atoms with Crippen LogP contribution in [-0.4, -0.2) is 39.4 Å². The lowest BCUT2D eigenvalue weighted by molar-refractivity contribution is -0.142. The number of fused-ring (bicyclic) bond motifs is 1. The van der Waals surface area contributed by atoms with Crippen LogP contribution in [0.5, 0.6) is 5.75 Å². The minimum atomic E-state index is -3.02. The van der Waals surface area contributed by atoms with Gasteiger partial charge in [-0.1, -0.05) is 54.6 Å². The van der Waals surface area contributed by atoms with Crippen LogP contribution in [0, 0.1) is 11.3 Å². The summed E-state index contributed by atoms with van der Waals surface area (Å²) in [4.78, 5) is 24.4. The Bertz CT molecular complexity index is 1540. The number of nitrogens with one attached hydrogen (secondary N) is 1. The van der Waals surface area contributed by atoms with Crippen molar-refractivity contribution in [1.29, 1.82) is 0 Å². The molecule has 2 saturated carbocycles. The van der Waals surface area contributed by atoms with Crippen LogP contribution in [-0.2, 0) is 11.3 Å². The van der Waals surface area contributed by atoms with Gasteiger partial charge in [0.05, 0.1) is 23.8 Å². The molecule has 9 heteroatoms. The Morgan fingerprint density at radius 3 is 2.40 bits per heavy atom. The summed E-state index contributed by atoms with van der Waals surface area (Å²) >= 11 is 0. The van der Waals surface area contributed by atoms with Crippen LogP contribution < -0.4 is 10.1 Å². The predicted molar refractivity (Wildman–Crippen MR) is 145 cm³/mol. The fourth-order valence-corrected chi connectivity index (χ4v) is 6.52. The van der Waals surface area contributed by atoms with Crippen LogP contribution in [0.15, 0.2) is 72.9 Å². The summed E-state index contributed by atoms with van der Waals surface area (Å²) in [5.41, 5.74) is 4.06. The van der Waals surface area contributed by atoms with Gasteiger partial charge in [0.2, 0.25) is 0 Å². The summed E-state index contributed by atoms with van der Waals surface area (Å²) in [5, 5.41) is 17.1. The maximum atomic E-state index is 13.5. The third-order valence-electron chi connectivity index (χ3n) is 8.17. The van der Waals surface area contributed by atoms with E-state index in [9.17, 15) is 18.4 Å². The molecule has 40 heavy (non-hydrogen) atoms. The molecule has 1 amide bonds. The number of amides is 1. The van der Waals surface area contributed by atoms with Gasteiger partial charge in [0, 0.05) is 17.8 Å². The van der Waals surface area contributed by atoms with Crippen LogP contribution >= 0.6 is 0 Å². The molecular weight excluding hydrogens is 516 g/mol. The second-order valence-electron chi connectivity index (χ2n) is 11.1. The van der Waals surface area contributed by atoms with Crippen LogP contribution in [0.3, 0.4) is 0 Å². The largest absolute Gasteiger partial charge is 0.481 e. The number of halogens is 2. The van der Waals surface area contributed by atoms with Crippen LogP contribution in [0.25, 0.3) is 22.0 Å². The van der Waals surface area contributed by atoms with Crippen molar-refractivity contribution >= 4 is 22.8 Å². The maximum Gasteiger partial charge on any atom is 0.387 e. The van der Waals surface area contributed by atoms with Crippen molar-refractivity contribution in [3.63, 3.8) is 0 Å². The number of rotatable bonds is 9. The highest BCUT2D eigenvalue weighted by Gasteiger charge is 2.53. The number of aliphatic carboxylic acids is 1. The van der Waals surface area contributed by atoms with E-state index in [-0.39, 0.29) is 41.0 Å². The van der Waals surface area contributed by atoms with Crippen molar-refractivity contribution in [3.05, 3.63) is 84.1 Å². The number of carboxylic acid groups (broad SMARTS) is 1. The summed E-state index contributed by atoms with van der Waals surface area (Å²) in [7, 11) is 0. The smallest absolute Gasteiger partial charge is 0.387 e. The van der Waals surface area contributed by atoms with E-state index in [0.717, 1.165) is 42.4 Å². The lowest BCUT2D eigenvalue weighted by atomic mass is 9.49. The third-order valence-corrected chi connectivity index (χ3v) is 8.17. The average Bonchev–Trinajstić information content (AvgIpc) is 3.28. The van der Waals surface area contributed by atoms with E-state index < -0.39 is 12.6 Å². The first-order valence-corrected chi connectivity index (χ1v) is 13.4. The minimum absolute atomic E-state index is 0.0464. The minimum Gasteiger partial charge on any atom is -0.481 e. The second-order valence-corrected chi connectivity index (χ2v) is 11.1. The molecule has 2 fully saturated rings. The molecule has 0 saturated heterocycles. The van der Waals surface area contributed by atoms with Crippen LogP contribution in [0.1, 0.15) is 48.0 Å². The van der Waals surface area contributed by atoms with Gasteiger partial charge < -0.3 is 15.2 Å². The average molecular weight is 546 g/mol. The van der Waals surface area contributed by atoms with E-state index in [0.29, 0.717) is 17.4 Å². The van der Waals surface area contributed by atoms with E-state index in [4.69, 9.17) is 5.11 Å². The van der Waals surface area contributed by atoms with Gasteiger partial charge in [-0.15, -0.1) is 0 Å². The Kier molecular flexibility index (Phi) is 6.73. The van der Waals surface area contributed by atoms with Gasteiger partial charge in [-0.25, -0.2) is 0 Å². The van der Waals surface area contributed by atoms with Gasteiger partial charge >= 0.3 is 12.6 Å². The Balaban J connectivity index is 1.21. The molecule has 4 aromatic rings. The number of nitrogens with zero attached hydrogens (tertiary/aromatic N) is 2. The van der Waals surface area contributed by atoms with Crippen molar-refractivity contribution in [2.24, 2.45) is 11.3 Å². The summed E-state index contributed by atoms with van der Waals surface area (Å²) in [6, 6.07) is 20.9. The number of carbonyl (C=O) groups is 2. The van der Waals surface area contributed by atoms with Gasteiger partial charge in [-0.2, -0.15) is 13.9 Å². The van der Waals surface area contributed by atoms with E-state index in [1.165, 1.54) is 12.1 Å². The molecular formula is C31H29F2N3O4. The van der Waals surface area contributed by atoms with Crippen molar-refractivity contribution < 1.29 is 28.2 Å². The topological polar surface area (TPSA) is 93.5 Å². The highest BCUT2D eigenvalue weighted by Crippen LogP contribution is 2.59. The monoisotopic (exact) mass is 545 g/mol. The van der Waals surface area contributed by atoms with Crippen molar-refractivity contribution in [1.82, 2.24) is 15.1 Å². The fraction of sp³-hybridized carbons (Fsp3) is 0.323. The van der Waals surface area contributed by atoms with E-state index in [1.807, 2.05) is 54.6 Å². The lowest BCUT2D eigenvalue weighted by Gasteiger charge is -2.57. The highest BCUT2D eigenvalue weighted by atomic mass is 19.3. The zero-order valence-electron chi connectivity index (χ0n) is 21.7. The predicted octanol–water partition coefficient (Wildman–Crippen LogP) is 6.12. The molecule has 6 rings (SSSR count). The lowest BCUT2D eigenvalue weighted by Crippen LogP contribution is -2.56. The third kappa shape index (κ3) is 5.28. The molecule has 3 aromatic carbocycles. The molecule has 0 unspecified atom stereocenters. The molecule has 7 nitrogen and oxygen atoms in total. The van der Waals surface area contributed by atoms with E-state index in [2.05, 4.69) is 15.2 Å². The van der Waals surface area contributed by atoms with Gasteiger partial charge in [0.1, 0.15) is 5.75 Å². The van der Waals surface area contributed by atoms with E-state index >= 15 is 0 Å². The van der Waals surface area contributed by atoms with Crippen LogP contribution in [0.2, 0.25) is 0 Å². The molecule has 0 bridgehead atoms. The van der Waals surface area contributed by atoms with E-state index in [1.54, 1.807) is 10.9 Å². The molecule has 1 aromatic heterocycles. The number of carboxylic acids is 1. The fourth-order valence-electron chi connectivity index (χ4n) is 6.52. The molecule has 206 valence electrons. The highest BCUT2D eigenvalue weighted by molar-refractivity contribution is 6.06. The summed E-state index contributed by atoms with van der Waals surface area (Å²) in [6.45, 7) is -2.62. The van der Waals surface area contributed by atoms with Gasteiger partial charge in [0.15, 0.2) is 0 Å².